The Hall–Kier alpha value is -2.44. The van der Waals surface area contributed by atoms with Crippen molar-refractivity contribution in [2.24, 2.45) is 7.05 Å². The fourth-order valence-corrected chi connectivity index (χ4v) is 2.16. The lowest BCUT2D eigenvalue weighted by molar-refractivity contribution is -0.0498. The van der Waals surface area contributed by atoms with E-state index in [-0.39, 0.29) is 17.2 Å². The highest BCUT2D eigenvalue weighted by Crippen LogP contribution is 2.16. The van der Waals surface area contributed by atoms with Crippen molar-refractivity contribution in [3.63, 3.8) is 0 Å². The van der Waals surface area contributed by atoms with E-state index in [4.69, 9.17) is 0 Å². The van der Waals surface area contributed by atoms with Crippen LogP contribution < -0.4 is 10.1 Å². The minimum atomic E-state index is -2.92. The Balaban J connectivity index is 2.06. The van der Waals surface area contributed by atoms with Gasteiger partial charge in [-0.1, -0.05) is 6.07 Å². The van der Waals surface area contributed by atoms with E-state index in [2.05, 4.69) is 15.2 Å². The van der Waals surface area contributed by atoms with Crippen molar-refractivity contribution in [1.29, 1.82) is 0 Å². The summed E-state index contributed by atoms with van der Waals surface area (Å²) in [7, 11) is 1.83. The summed E-state index contributed by atoms with van der Waals surface area (Å²) in [5.74, 6) is -0.404. The van der Waals surface area contributed by atoms with Gasteiger partial charge in [-0.15, -0.1) is 0 Å². The van der Waals surface area contributed by atoms with Gasteiger partial charge in [0.15, 0.2) is 0 Å². The number of aryl methyl sites for hydroxylation is 2. The van der Waals surface area contributed by atoms with Gasteiger partial charge in [0.2, 0.25) is 0 Å². The van der Waals surface area contributed by atoms with Crippen molar-refractivity contribution < 1.29 is 18.3 Å². The number of hydrogen-bond donors (Lipinski definition) is 1. The Labute approximate surface area is 126 Å². The first kappa shape index (κ1) is 15.9. The van der Waals surface area contributed by atoms with E-state index in [1.54, 1.807) is 4.68 Å². The Morgan fingerprint density at radius 3 is 2.73 bits per heavy atom. The monoisotopic (exact) mass is 309 g/mol. The van der Waals surface area contributed by atoms with E-state index < -0.39 is 6.61 Å². The number of nitrogens with one attached hydrogen (secondary N) is 1. The Morgan fingerprint density at radius 1 is 1.41 bits per heavy atom. The first-order valence-corrected chi connectivity index (χ1v) is 6.70. The fraction of sp³-hybridized carbons (Fsp3) is 0.333. The lowest BCUT2D eigenvalue weighted by Crippen LogP contribution is -2.23. The first-order valence-electron chi connectivity index (χ1n) is 6.70. The highest BCUT2D eigenvalue weighted by atomic mass is 19.3. The molecule has 0 saturated heterocycles. The molecule has 1 N–H and O–H groups in total. The normalized spacial score (nSPS) is 10.8. The molecule has 0 radical (unpaired) electrons. The topological polar surface area (TPSA) is 56.2 Å². The molecule has 0 spiro atoms. The maximum absolute atomic E-state index is 12.2. The van der Waals surface area contributed by atoms with E-state index in [1.165, 1.54) is 24.3 Å². The van der Waals surface area contributed by atoms with Gasteiger partial charge >= 0.3 is 6.61 Å². The second-order valence-electron chi connectivity index (χ2n) is 4.86. The molecule has 2 rings (SSSR count). The predicted molar refractivity (Wildman–Crippen MR) is 76.9 cm³/mol. The number of rotatable bonds is 5. The SMILES string of the molecule is Cc1nn(C)c(C)c1CNC(=O)c1cccc(OC(F)F)c1. The molecule has 1 heterocycles. The molecule has 22 heavy (non-hydrogen) atoms. The number of carbonyl (C=O) groups excluding carboxylic acids is 1. The van der Waals surface area contributed by atoms with Gasteiger partial charge in [0.05, 0.1) is 5.69 Å². The maximum Gasteiger partial charge on any atom is 0.387 e. The van der Waals surface area contributed by atoms with Crippen LogP contribution >= 0.6 is 0 Å². The van der Waals surface area contributed by atoms with E-state index in [0.717, 1.165) is 17.0 Å². The molecule has 0 aliphatic carbocycles. The van der Waals surface area contributed by atoms with Crippen molar-refractivity contribution in [3.05, 3.63) is 46.8 Å². The largest absolute Gasteiger partial charge is 0.435 e. The minimum absolute atomic E-state index is 0.0450. The quantitative estimate of drug-likeness (QED) is 0.923. The van der Waals surface area contributed by atoms with Crippen LogP contribution in [0.15, 0.2) is 24.3 Å². The van der Waals surface area contributed by atoms with Crippen LogP contribution in [0.3, 0.4) is 0 Å². The zero-order valence-corrected chi connectivity index (χ0v) is 12.6. The van der Waals surface area contributed by atoms with Crippen molar-refractivity contribution in [2.45, 2.75) is 27.0 Å². The van der Waals surface area contributed by atoms with Crippen LogP contribution in [0, 0.1) is 13.8 Å². The predicted octanol–water partition coefficient (Wildman–Crippen LogP) is 2.57. The van der Waals surface area contributed by atoms with E-state index in [1.807, 2.05) is 20.9 Å². The summed E-state index contributed by atoms with van der Waals surface area (Å²) in [5, 5.41) is 7.03. The lowest BCUT2D eigenvalue weighted by atomic mass is 10.1. The third kappa shape index (κ3) is 3.60. The van der Waals surface area contributed by atoms with Gasteiger partial charge in [0, 0.05) is 30.4 Å². The summed E-state index contributed by atoms with van der Waals surface area (Å²) in [6.07, 6.45) is 0. The second-order valence-corrected chi connectivity index (χ2v) is 4.86. The highest BCUT2D eigenvalue weighted by molar-refractivity contribution is 5.94. The molecule has 0 saturated carbocycles. The second kappa shape index (κ2) is 6.55. The Morgan fingerprint density at radius 2 is 2.14 bits per heavy atom. The van der Waals surface area contributed by atoms with Crippen molar-refractivity contribution in [1.82, 2.24) is 15.1 Å². The van der Waals surface area contributed by atoms with Gasteiger partial charge in [-0.3, -0.25) is 9.48 Å². The van der Waals surface area contributed by atoms with Gasteiger partial charge in [-0.05, 0) is 32.0 Å². The van der Waals surface area contributed by atoms with Gasteiger partial charge in [0.1, 0.15) is 5.75 Å². The number of amides is 1. The molecule has 0 unspecified atom stereocenters. The lowest BCUT2D eigenvalue weighted by Gasteiger charge is -2.08. The van der Waals surface area contributed by atoms with E-state index in [9.17, 15) is 13.6 Å². The molecule has 7 heteroatoms. The van der Waals surface area contributed by atoms with Crippen LogP contribution in [0.25, 0.3) is 0 Å². The average molecular weight is 309 g/mol. The summed E-state index contributed by atoms with van der Waals surface area (Å²) in [4.78, 5) is 12.1. The third-order valence-corrected chi connectivity index (χ3v) is 3.41. The minimum Gasteiger partial charge on any atom is -0.435 e. The molecule has 118 valence electrons. The van der Waals surface area contributed by atoms with Crippen LogP contribution in [0.5, 0.6) is 5.75 Å². The molecule has 2 aromatic rings. The Bertz CT molecular complexity index is 683. The maximum atomic E-state index is 12.2. The number of carbonyl (C=O) groups is 1. The van der Waals surface area contributed by atoms with E-state index in [0.29, 0.717) is 6.54 Å². The molecule has 5 nitrogen and oxygen atoms in total. The molecule has 0 fully saturated rings. The zero-order valence-electron chi connectivity index (χ0n) is 12.6. The standard InChI is InChI=1S/C15H17F2N3O2/c1-9-13(10(2)20(3)19-9)8-18-14(21)11-5-4-6-12(7-11)22-15(16)17/h4-7,15H,8H2,1-3H3,(H,18,21). The number of nitrogens with zero attached hydrogens (tertiary/aromatic N) is 2. The summed E-state index contributed by atoms with van der Waals surface area (Å²) >= 11 is 0. The van der Waals surface area contributed by atoms with E-state index >= 15 is 0 Å². The molecule has 1 amide bonds. The third-order valence-electron chi connectivity index (χ3n) is 3.41. The number of aromatic nitrogens is 2. The number of benzene rings is 1. The molecule has 1 aromatic heterocycles. The molecule has 0 bridgehead atoms. The van der Waals surface area contributed by atoms with Crippen molar-refractivity contribution in [3.8, 4) is 5.75 Å². The molecule has 0 aliphatic heterocycles. The fourth-order valence-electron chi connectivity index (χ4n) is 2.16. The summed E-state index contributed by atoms with van der Waals surface area (Å²) in [6, 6.07) is 5.69. The van der Waals surface area contributed by atoms with Crippen LogP contribution in [0.4, 0.5) is 8.78 Å². The summed E-state index contributed by atoms with van der Waals surface area (Å²) in [5.41, 5.74) is 3.01. The zero-order chi connectivity index (χ0) is 16.3. The smallest absolute Gasteiger partial charge is 0.387 e. The summed E-state index contributed by atoms with van der Waals surface area (Å²) < 4.78 is 30.4. The van der Waals surface area contributed by atoms with Gasteiger partial charge < -0.3 is 10.1 Å². The Kier molecular flexibility index (Phi) is 4.75. The average Bonchev–Trinajstić information content (AvgIpc) is 2.69. The summed E-state index contributed by atoms with van der Waals surface area (Å²) in [6.45, 7) is 1.19. The highest BCUT2D eigenvalue weighted by Gasteiger charge is 2.13. The van der Waals surface area contributed by atoms with Crippen LogP contribution in [0.1, 0.15) is 27.3 Å². The first-order chi connectivity index (χ1) is 10.4. The number of halogens is 2. The van der Waals surface area contributed by atoms with Gasteiger partial charge in [-0.25, -0.2) is 0 Å². The van der Waals surface area contributed by atoms with Crippen molar-refractivity contribution >= 4 is 5.91 Å². The molecule has 0 aliphatic rings. The molecule has 1 aromatic carbocycles. The molecular weight excluding hydrogens is 292 g/mol. The van der Waals surface area contributed by atoms with Crippen LogP contribution in [-0.2, 0) is 13.6 Å². The van der Waals surface area contributed by atoms with Gasteiger partial charge in [0.25, 0.3) is 5.91 Å². The number of hydrogen-bond acceptors (Lipinski definition) is 3. The molecular formula is C15H17F2N3O2. The van der Waals surface area contributed by atoms with Crippen LogP contribution in [-0.4, -0.2) is 22.3 Å². The van der Waals surface area contributed by atoms with Crippen LogP contribution in [0.2, 0.25) is 0 Å². The number of ether oxygens (including phenoxy) is 1. The van der Waals surface area contributed by atoms with Crippen molar-refractivity contribution in [2.75, 3.05) is 0 Å². The number of alkyl halides is 2. The van der Waals surface area contributed by atoms with Gasteiger partial charge in [-0.2, -0.15) is 13.9 Å². The molecule has 0 atom stereocenters.